The molecular weight excluding hydrogens is 293 g/mol. The molecule has 1 aromatic rings. The average molecular weight is 312 g/mol. The topological polar surface area (TPSA) is 12.0 Å². The van der Waals surface area contributed by atoms with Gasteiger partial charge in [0.15, 0.2) is 0 Å². The number of hydrogen-bond donors (Lipinski definition) is 1. The normalized spacial score (nSPS) is 16.7. The molecular formula is C15H19BrFN. The van der Waals surface area contributed by atoms with Gasteiger partial charge in [0.25, 0.3) is 0 Å². The van der Waals surface area contributed by atoms with Crippen LogP contribution in [0.15, 0.2) is 34.3 Å². The molecule has 1 aliphatic carbocycles. The van der Waals surface area contributed by atoms with Crippen molar-refractivity contribution < 1.29 is 4.39 Å². The first-order chi connectivity index (χ1) is 8.66. The predicted octanol–water partition coefficient (Wildman–Crippen LogP) is 4.74. The summed E-state index contributed by atoms with van der Waals surface area (Å²) in [6, 6.07) is 5.30. The zero-order valence-corrected chi connectivity index (χ0v) is 12.3. The Morgan fingerprint density at radius 3 is 2.94 bits per heavy atom. The maximum atomic E-state index is 13.7. The number of hydrogen-bond acceptors (Lipinski definition) is 1. The van der Waals surface area contributed by atoms with Crippen LogP contribution in [0.3, 0.4) is 0 Å². The van der Waals surface area contributed by atoms with Crippen LogP contribution in [0.4, 0.5) is 4.39 Å². The van der Waals surface area contributed by atoms with Crippen molar-refractivity contribution >= 4 is 15.9 Å². The summed E-state index contributed by atoms with van der Waals surface area (Å²) in [6.45, 7) is 2.93. The van der Waals surface area contributed by atoms with Gasteiger partial charge in [0, 0.05) is 16.1 Å². The van der Waals surface area contributed by atoms with Crippen LogP contribution >= 0.6 is 15.9 Å². The summed E-state index contributed by atoms with van der Waals surface area (Å²) >= 11 is 3.27. The van der Waals surface area contributed by atoms with Gasteiger partial charge in [0.2, 0.25) is 0 Å². The molecule has 0 fully saturated rings. The summed E-state index contributed by atoms with van der Waals surface area (Å²) in [7, 11) is 0. The lowest BCUT2D eigenvalue weighted by Gasteiger charge is -2.15. The molecule has 0 amide bonds. The van der Waals surface area contributed by atoms with E-state index in [2.05, 4.69) is 27.3 Å². The highest BCUT2D eigenvalue weighted by molar-refractivity contribution is 9.10. The molecule has 1 atom stereocenters. The largest absolute Gasteiger partial charge is 0.310 e. The third kappa shape index (κ3) is 3.66. The molecule has 0 bridgehead atoms. The molecule has 18 heavy (non-hydrogen) atoms. The molecule has 1 N–H and O–H groups in total. The number of benzene rings is 1. The molecule has 1 aromatic carbocycles. The SMILES string of the molecule is CC(NCCC1=CCCC1)c1ccc(Br)cc1F. The van der Waals surface area contributed by atoms with Crippen molar-refractivity contribution in [2.24, 2.45) is 0 Å². The van der Waals surface area contributed by atoms with Gasteiger partial charge < -0.3 is 5.32 Å². The van der Waals surface area contributed by atoms with Gasteiger partial charge in [-0.3, -0.25) is 0 Å². The predicted molar refractivity (Wildman–Crippen MR) is 77.1 cm³/mol. The van der Waals surface area contributed by atoms with Crippen molar-refractivity contribution in [2.45, 2.75) is 38.6 Å². The Kier molecular flexibility index (Phi) is 4.95. The second-order valence-corrected chi connectivity index (χ2v) is 5.76. The van der Waals surface area contributed by atoms with Crippen molar-refractivity contribution in [1.29, 1.82) is 0 Å². The Bertz CT molecular complexity index is 442. The molecule has 0 saturated heterocycles. The number of rotatable bonds is 5. The van der Waals surface area contributed by atoms with Gasteiger partial charge in [0.1, 0.15) is 5.82 Å². The molecule has 0 saturated carbocycles. The van der Waals surface area contributed by atoms with Gasteiger partial charge in [-0.25, -0.2) is 4.39 Å². The lowest BCUT2D eigenvalue weighted by Crippen LogP contribution is -2.21. The fourth-order valence-corrected chi connectivity index (χ4v) is 2.71. The summed E-state index contributed by atoms with van der Waals surface area (Å²) in [5.74, 6) is -0.149. The van der Waals surface area contributed by atoms with Gasteiger partial charge in [-0.15, -0.1) is 0 Å². The van der Waals surface area contributed by atoms with Crippen LogP contribution in [0.2, 0.25) is 0 Å². The molecule has 0 heterocycles. The summed E-state index contributed by atoms with van der Waals surface area (Å²) < 4.78 is 14.5. The van der Waals surface area contributed by atoms with Crippen LogP contribution in [0.25, 0.3) is 0 Å². The molecule has 0 radical (unpaired) electrons. The van der Waals surface area contributed by atoms with E-state index in [0.29, 0.717) is 0 Å². The maximum Gasteiger partial charge on any atom is 0.129 e. The summed E-state index contributed by atoms with van der Waals surface area (Å²) in [5, 5.41) is 3.39. The van der Waals surface area contributed by atoms with Crippen LogP contribution < -0.4 is 5.32 Å². The smallest absolute Gasteiger partial charge is 0.129 e. The molecule has 2 rings (SSSR count). The zero-order valence-electron chi connectivity index (χ0n) is 10.7. The van der Waals surface area contributed by atoms with Crippen LogP contribution in [0.5, 0.6) is 0 Å². The lowest BCUT2D eigenvalue weighted by molar-refractivity contribution is 0.528. The summed E-state index contributed by atoms with van der Waals surface area (Å²) in [4.78, 5) is 0. The molecule has 0 aliphatic heterocycles. The number of halogens is 2. The van der Waals surface area contributed by atoms with Crippen molar-refractivity contribution in [1.82, 2.24) is 5.32 Å². The first kappa shape index (κ1) is 13.8. The van der Waals surface area contributed by atoms with Crippen molar-refractivity contribution in [2.75, 3.05) is 6.54 Å². The van der Waals surface area contributed by atoms with E-state index < -0.39 is 0 Å². The molecule has 1 aliphatic rings. The fraction of sp³-hybridized carbons (Fsp3) is 0.467. The highest BCUT2D eigenvalue weighted by Crippen LogP contribution is 2.22. The van der Waals surface area contributed by atoms with Crippen LogP contribution in [-0.4, -0.2) is 6.54 Å². The van der Waals surface area contributed by atoms with Crippen molar-refractivity contribution in [3.8, 4) is 0 Å². The standard InChI is InChI=1S/C15H19BrFN/c1-11(14-7-6-13(16)10-15(14)17)18-9-8-12-4-2-3-5-12/h4,6-7,10-11,18H,2-3,5,8-9H2,1H3. The third-order valence-electron chi connectivity index (χ3n) is 3.46. The molecule has 1 unspecified atom stereocenters. The van der Waals surface area contributed by atoms with E-state index >= 15 is 0 Å². The first-order valence-corrected chi connectivity index (χ1v) is 7.32. The lowest BCUT2D eigenvalue weighted by atomic mass is 10.1. The minimum atomic E-state index is -0.149. The van der Waals surface area contributed by atoms with Gasteiger partial charge in [-0.1, -0.05) is 33.6 Å². The van der Waals surface area contributed by atoms with Crippen LogP contribution in [0.1, 0.15) is 44.2 Å². The van der Waals surface area contributed by atoms with Gasteiger partial charge >= 0.3 is 0 Å². The highest BCUT2D eigenvalue weighted by Gasteiger charge is 2.11. The van der Waals surface area contributed by atoms with Crippen LogP contribution in [0, 0.1) is 5.82 Å². The summed E-state index contributed by atoms with van der Waals surface area (Å²) in [6.07, 6.45) is 7.19. The van der Waals surface area contributed by atoms with E-state index in [1.807, 2.05) is 19.1 Å². The third-order valence-corrected chi connectivity index (χ3v) is 3.95. The second kappa shape index (κ2) is 6.48. The van der Waals surface area contributed by atoms with E-state index in [-0.39, 0.29) is 11.9 Å². The Hall–Kier alpha value is -0.670. The Morgan fingerprint density at radius 1 is 1.44 bits per heavy atom. The minimum absolute atomic E-state index is 0.0557. The van der Waals surface area contributed by atoms with Gasteiger partial charge in [-0.05, 0) is 51.3 Å². The number of allylic oxidation sites excluding steroid dienone is 1. The molecule has 98 valence electrons. The Labute approximate surface area is 117 Å². The van der Waals surface area contributed by atoms with E-state index in [1.165, 1.54) is 25.3 Å². The fourth-order valence-electron chi connectivity index (χ4n) is 2.38. The molecule has 3 heteroatoms. The van der Waals surface area contributed by atoms with Crippen molar-refractivity contribution in [3.63, 3.8) is 0 Å². The first-order valence-electron chi connectivity index (χ1n) is 6.53. The highest BCUT2D eigenvalue weighted by atomic mass is 79.9. The molecule has 0 aromatic heterocycles. The van der Waals surface area contributed by atoms with Gasteiger partial charge in [0.05, 0.1) is 0 Å². The van der Waals surface area contributed by atoms with E-state index in [1.54, 1.807) is 5.57 Å². The van der Waals surface area contributed by atoms with Gasteiger partial charge in [-0.2, -0.15) is 0 Å². The Morgan fingerprint density at radius 2 is 2.28 bits per heavy atom. The van der Waals surface area contributed by atoms with Crippen LogP contribution in [-0.2, 0) is 0 Å². The summed E-state index contributed by atoms with van der Waals surface area (Å²) in [5.41, 5.74) is 2.28. The second-order valence-electron chi connectivity index (χ2n) is 4.85. The maximum absolute atomic E-state index is 13.7. The van der Waals surface area contributed by atoms with E-state index in [9.17, 15) is 4.39 Å². The van der Waals surface area contributed by atoms with E-state index in [4.69, 9.17) is 0 Å². The molecule has 0 spiro atoms. The zero-order chi connectivity index (χ0) is 13.0. The quantitative estimate of drug-likeness (QED) is 0.774. The number of nitrogens with one attached hydrogen (secondary N) is 1. The minimum Gasteiger partial charge on any atom is -0.310 e. The van der Waals surface area contributed by atoms with E-state index in [0.717, 1.165) is 23.0 Å². The molecule has 1 nitrogen and oxygen atoms in total. The monoisotopic (exact) mass is 311 g/mol. The average Bonchev–Trinajstić information content (AvgIpc) is 2.81. The van der Waals surface area contributed by atoms with Crippen molar-refractivity contribution in [3.05, 3.63) is 45.7 Å². The Balaban J connectivity index is 1.85.